The summed E-state index contributed by atoms with van der Waals surface area (Å²) in [7, 11) is 0. The number of hydrazine groups is 1. The van der Waals surface area contributed by atoms with Crippen LogP contribution in [0.15, 0.2) is 28.7 Å². The largest absolute Gasteiger partial charge is 0.330 e. The smallest absolute Gasteiger partial charge is 0.0515 e. The van der Waals surface area contributed by atoms with Crippen molar-refractivity contribution in [2.24, 2.45) is 11.7 Å². The quantitative estimate of drug-likeness (QED) is 0.744. The zero-order valence-corrected chi connectivity index (χ0v) is 9.42. The molecular formula is C10H14BrN3. The van der Waals surface area contributed by atoms with Crippen LogP contribution >= 0.6 is 15.9 Å². The lowest BCUT2D eigenvalue weighted by atomic mass is 9.95. The van der Waals surface area contributed by atoms with Gasteiger partial charge in [-0.05, 0) is 24.2 Å². The molecule has 0 spiro atoms. The van der Waals surface area contributed by atoms with Gasteiger partial charge in [-0.1, -0.05) is 28.1 Å². The average molecular weight is 256 g/mol. The molecule has 1 aromatic rings. The first-order valence-electron chi connectivity index (χ1n) is 4.75. The summed E-state index contributed by atoms with van der Waals surface area (Å²) in [4.78, 5) is 0. The fourth-order valence-corrected chi connectivity index (χ4v) is 2.05. The summed E-state index contributed by atoms with van der Waals surface area (Å²) in [6.07, 6.45) is 0. The highest BCUT2D eigenvalue weighted by Gasteiger charge is 2.26. The van der Waals surface area contributed by atoms with Gasteiger partial charge in [0.05, 0.1) is 6.04 Å². The molecule has 0 bridgehead atoms. The SMILES string of the molecule is NCC1CNNC1c1ccc(Br)cc1. The lowest BCUT2D eigenvalue weighted by molar-refractivity contribution is 0.483. The maximum Gasteiger partial charge on any atom is 0.0515 e. The second-order valence-corrected chi connectivity index (χ2v) is 4.47. The van der Waals surface area contributed by atoms with Gasteiger partial charge in [0.15, 0.2) is 0 Å². The summed E-state index contributed by atoms with van der Waals surface area (Å²) in [5, 5.41) is 0. The molecule has 4 heteroatoms. The Hall–Kier alpha value is -0.420. The van der Waals surface area contributed by atoms with Gasteiger partial charge in [0.25, 0.3) is 0 Å². The highest BCUT2D eigenvalue weighted by atomic mass is 79.9. The third-order valence-electron chi connectivity index (χ3n) is 2.63. The second-order valence-electron chi connectivity index (χ2n) is 3.55. The first-order valence-corrected chi connectivity index (χ1v) is 5.54. The van der Waals surface area contributed by atoms with Gasteiger partial charge in [0.2, 0.25) is 0 Å². The lowest BCUT2D eigenvalue weighted by Crippen LogP contribution is -2.26. The van der Waals surface area contributed by atoms with Crippen LogP contribution in [-0.2, 0) is 0 Å². The predicted octanol–water partition coefficient (Wildman–Crippen LogP) is 1.17. The number of halogens is 1. The van der Waals surface area contributed by atoms with Crippen molar-refractivity contribution in [3.63, 3.8) is 0 Å². The monoisotopic (exact) mass is 255 g/mol. The minimum Gasteiger partial charge on any atom is -0.330 e. The van der Waals surface area contributed by atoms with Crippen LogP contribution in [0.25, 0.3) is 0 Å². The minimum atomic E-state index is 0.341. The number of benzene rings is 1. The van der Waals surface area contributed by atoms with Crippen molar-refractivity contribution in [1.29, 1.82) is 0 Å². The molecule has 2 rings (SSSR count). The van der Waals surface area contributed by atoms with E-state index in [0.29, 0.717) is 18.5 Å². The second kappa shape index (κ2) is 4.40. The molecule has 0 saturated carbocycles. The maximum absolute atomic E-state index is 5.70. The number of nitrogens with one attached hydrogen (secondary N) is 2. The highest BCUT2D eigenvalue weighted by Crippen LogP contribution is 2.25. The Kier molecular flexibility index (Phi) is 3.18. The van der Waals surface area contributed by atoms with Crippen LogP contribution in [0.4, 0.5) is 0 Å². The third-order valence-corrected chi connectivity index (χ3v) is 3.15. The van der Waals surface area contributed by atoms with Crippen molar-refractivity contribution in [3.8, 4) is 0 Å². The number of hydrogen-bond acceptors (Lipinski definition) is 3. The fraction of sp³-hybridized carbons (Fsp3) is 0.400. The molecule has 2 atom stereocenters. The van der Waals surface area contributed by atoms with Crippen molar-refractivity contribution in [2.75, 3.05) is 13.1 Å². The Balaban J connectivity index is 2.17. The van der Waals surface area contributed by atoms with E-state index in [2.05, 4.69) is 51.0 Å². The molecule has 1 aliphatic heterocycles. The summed E-state index contributed by atoms with van der Waals surface area (Å²) in [5.74, 6) is 0.483. The van der Waals surface area contributed by atoms with Crippen LogP contribution in [-0.4, -0.2) is 13.1 Å². The van der Waals surface area contributed by atoms with Gasteiger partial charge in [-0.15, -0.1) is 0 Å². The molecule has 0 amide bonds. The molecule has 2 unspecified atom stereocenters. The molecule has 0 aliphatic carbocycles. The van der Waals surface area contributed by atoms with Crippen LogP contribution in [0, 0.1) is 5.92 Å². The molecule has 3 nitrogen and oxygen atoms in total. The summed E-state index contributed by atoms with van der Waals surface area (Å²) in [5.41, 5.74) is 13.4. The predicted molar refractivity (Wildman–Crippen MR) is 60.6 cm³/mol. The van der Waals surface area contributed by atoms with E-state index in [4.69, 9.17) is 5.73 Å². The van der Waals surface area contributed by atoms with E-state index in [1.54, 1.807) is 0 Å². The first-order chi connectivity index (χ1) is 6.81. The van der Waals surface area contributed by atoms with Crippen LogP contribution in [0.2, 0.25) is 0 Å². The molecule has 0 radical (unpaired) electrons. The van der Waals surface area contributed by atoms with Gasteiger partial charge in [0.1, 0.15) is 0 Å². The van der Waals surface area contributed by atoms with Gasteiger partial charge in [-0.3, -0.25) is 5.43 Å². The molecule has 1 fully saturated rings. The van der Waals surface area contributed by atoms with Crippen molar-refractivity contribution < 1.29 is 0 Å². The summed E-state index contributed by atoms with van der Waals surface area (Å²) in [6, 6.07) is 8.70. The fourth-order valence-electron chi connectivity index (χ4n) is 1.78. The van der Waals surface area contributed by atoms with Gasteiger partial charge < -0.3 is 5.73 Å². The normalized spacial score (nSPS) is 26.7. The molecule has 14 heavy (non-hydrogen) atoms. The van der Waals surface area contributed by atoms with Crippen LogP contribution < -0.4 is 16.6 Å². The minimum absolute atomic E-state index is 0.341. The maximum atomic E-state index is 5.70. The van der Waals surface area contributed by atoms with Gasteiger partial charge in [-0.2, -0.15) is 0 Å². The Morgan fingerprint density at radius 2 is 2.07 bits per heavy atom. The zero-order chi connectivity index (χ0) is 9.97. The van der Waals surface area contributed by atoms with E-state index in [9.17, 15) is 0 Å². The number of nitrogens with two attached hydrogens (primary N) is 1. The van der Waals surface area contributed by atoms with Crippen molar-refractivity contribution in [1.82, 2.24) is 10.9 Å². The Morgan fingerprint density at radius 1 is 1.36 bits per heavy atom. The van der Waals surface area contributed by atoms with E-state index in [-0.39, 0.29) is 0 Å². The van der Waals surface area contributed by atoms with E-state index in [1.165, 1.54) is 5.56 Å². The molecule has 0 aromatic heterocycles. The highest BCUT2D eigenvalue weighted by molar-refractivity contribution is 9.10. The average Bonchev–Trinajstić information content (AvgIpc) is 2.67. The van der Waals surface area contributed by atoms with Crippen molar-refractivity contribution in [2.45, 2.75) is 6.04 Å². The standard InChI is InChI=1S/C10H14BrN3/c11-9-3-1-7(2-4-9)10-8(5-12)6-13-14-10/h1-4,8,10,13-14H,5-6,12H2. The summed E-state index contributed by atoms with van der Waals surface area (Å²) in [6.45, 7) is 1.65. The summed E-state index contributed by atoms with van der Waals surface area (Å²) >= 11 is 3.43. The zero-order valence-electron chi connectivity index (χ0n) is 7.83. The van der Waals surface area contributed by atoms with Crippen molar-refractivity contribution >= 4 is 15.9 Å². The van der Waals surface area contributed by atoms with E-state index in [0.717, 1.165) is 11.0 Å². The van der Waals surface area contributed by atoms with Crippen LogP contribution in [0.3, 0.4) is 0 Å². The number of rotatable bonds is 2. The van der Waals surface area contributed by atoms with E-state index >= 15 is 0 Å². The molecule has 76 valence electrons. The topological polar surface area (TPSA) is 50.1 Å². The van der Waals surface area contributed by atoms with E-state index < -0.39 is 0 Å². The molecule has 1 aromatic carbocycles. The molecular weight excluding hydrogens is 242 g/mol. The first kappa shape index (κ1) is 10.1. The number of hydrogen-bond donors (Lipinski definition) is 3. The molecule has 1 saturated heterocycles. The Labute approximate surface area is 92.2 Å². The molecule has 4 N–H and O–H groups in total. The Morgan fingerprint density at radius 3 is 2.71 bits per heavy atom. The molecule has 1 heterocycles. The lowest BCUT2D eigenvalue weighted by Gasteiger charge is -2.16. The van der Waals surface area contributed by atoms with Gasteiger partial charge >= 0.3 is 0 Å². The van der Waals surface area contributed by atoms with Crippen molar-refractivity contribution in [3.05, 3.63) is 34.3 Å². The molecule has 1 aliphatic rings. The third kappa shape index (κ3) is 1.98. The van der Waals surface area contributed by atoms with Crippen LogP contribution in [0.1, 0.15) is 11.6 Å². The Bertz CT molecular complexity index is 299. The van der Waals surface area contributed by atoms with E-state index in [1.807, 2.05) is 0 Å². The summed E-state index contributed by atoms with van der Waals surface area (Å²) < 4.78 is 1.11. The van der Waals surface area contributed by atoms with Gasteiger partial charge in [0, 0.05) is 16.9 Å². The van der Waals surface area contributed by atoms with Crippen LogP contribution in [0.5, 0.6) is 0 Å². The van der Waals surface area contributed by atoms with Gasteiger partial charge in [-0.25, -0.2) is 5.43 Å².